The van der Waals surface area contributed by atoms with Gasteiger partial charge in [0.1, 0.15) is 0 Å². The summed E-state index contributed by atoms with van der Waals surface area (Å²) in [6, 6.07) is 5.00. The van der Waals surface area contributed by atoms with Crippen molar-refractivity contribution in [3.63, 3.8) is 0 Å². The molecule has 2 N–H and O–H groups in total. The molecule has 1 aromatic heterocycles. The molecule has 22 heavy (non-hydrogen) atoms. The van der Waals surface area contributed by atoms with Crippen molar-refractivity contribution in [1.29, 1.82) is 0 Å². The second kappa shape index (κ2) is 7.47. The van der Waals surface area contributed by atoms with Crippen LogP contribution in [-0.4, -0.2) is 44.6 Å². The summed E-state index contributed by atoms with van der Waals surface area (Å²) in [5.41, 5.74) is 0. The highest BCUT2D eigenvalue weighted by Gasteiger charge is 2.31. The second-order valence-electron chi connectivity index (χ2n) is 6.62. The van der Waals surface area contributed by atoms with Crippen molar-refractivity contribution in [2.45, 2.75) is 31.7 Å². The first-order chi connectivity index (χ1) is 10.8. The molecule has 2 unspecified atom stereocenters. The molecule has 2 fully saturated rings. The van der Waals surface area contributed by atoms with E-state index < -0.39 is 0 Å². The quantitative estimate of drug-likeness (QED) is 0.647. The van der Waals surface area contributed by atoms with Gasteiger partial charge < -0.3 is 10.6 Å². The number of hydrogen-bond donors (Lipinski definition) is 2. The minimum absolute atomic E-state index is 0.544. The van der Waals surface area contributed by atoms with Crippen LogP contribution in [0.3, 0.4) is 0 Å². The molecule has 122 valence electrons. The lowest BCUT2D eigenvalue weighted by Gasteiger charge is -2.39. The van der Waals surface area contributed by atoms with Gasteiger partial charge in [0, 0.05) is 31.1 Å². The van der Waals surface area contributed by atoms with Crippen LogP contribution in [0.5, 0.6) is 0 Å². The van der Waals surface area contributed by atoms with E-state index >= 15 is 0 Å². The Hall–Kier alpha value is -1.07. The van der Waals surface area contributed by atoms with E-state index in [2.05, 4.69) is 45.1 Å². The summed E-state index contributed by atoms with van der Waals surface area (Å²) in [7, 11) is 4.13. The fourth-order valence-electron chi connectivity index (χ4n) is 3.39. The maximum atomic E-state index is 4.36. The summed E-state index contributed by atoms with van der Waals surface area (Å²) in [5.74, 6) is 2.49. The third kappa shape index (κ3) is 4.02. The van der Waals surface area contributed by atoms with Gasteiger partial charge in [-0.25, -0.2) is 0 Å². The van der Waals surface area contributed by atoms with Crippen LogP contribution in [0.2, 0.25) is 0 Å². The molecule has 2 atom stereocenters. The molecule has 1 saturated carbocycles. The lowest BCUT2D eigenvalue weighted by atomic mass is 9.88. The molecule has 1 aliphatic carbocycles. The Labute approximate surface area is 138 Å². The number of aliphatic imine (C=N–C) groups is 1. The van der Waals surface area contributed by atoms with Crippen LogP contribution in [0, 0.1) is 11.8 Å². The number of thiophene rings is 1. The summed E-state index contributed by atoms with van der Waals surface area (Å²) in [5, 5.41) is 9.20. The minimum Gasteiger partial charge on any atom is -0.356 e. The largest absolute Gasteiger partial charge is 0.356 e. The summed E-state index contributed by atoms with van der Waals surface area (Å²) in [6.07, 6.45) is 5.33. The molecule has 5 heteroatoms. The van der Waals surface area contributed by atoms with Crippen LogP contribution in [0.25, 0.3) is 0 Å². The van der Waals surface area contributed by atoms with Crippen LogP contribution in [0.1, 0.15) is 36.6 Å². The summed E-state index contributed by atoms with van der Waals surface area (Å²) >= 11 is 1.88. The van der Waals surface area contributed by atoms with Gasteiger partial charge in [0.2, 0.25) is 0 Å². The Balaban J connectivity index is 1.56. The van der Waals surface area contributed by atoms with Gasteiger partial charge in [-0.1, -0.05) is 6.07 Å². The minimum atomic E-state index is 0.544. The molecule has 2 aliphatic rings. The highest BCUT2D eigenvalue weighted by Crippen LogP contribution is 2.36. The average molecular weight is 321 g/mol. The fourth-order valence-corrected chi connectivity index (χ4v) is 4.38. The lowest BCUT2D eigenvalue weighted by molar-refractivity contribution is 0.125. The van der Waals surface area contributed by atoms with E-state index in [9.17, 15) is 0 Å². The zero-order valence-corrected chi connectivity index (χ0v) is 14.5. The van der Waals surface area contributed by atoms with Gasteiger partial charge in [0.15, 0.2) is 5.96 Å². The summed E-state index contributed by atoms with van der Waals surface area (Å²) in [4.78, 5) is 8.37. The summed E-state index contributed by atoms with van der Waals surface area (Å²) < 4.78 is 0. The smallest absolute Gasteiger partial charge is 0.190 e. The Morgan fingerprint density at radius 2 is 2.14 bits per heavy atom. The number of piperidine rings is 1. The van der Waals surface area contributed by atoms with E-state index in [-0.39, 0.29) is 0 Å². The van der Waals surface area contributed by atoms with Crippen molar-refractivity contribution in [2.24, 2.45) is 16.8 Å². The number of likely N-dealkylation sites (tertiary alicyclic amines) is 1. The van der Waals surface area contributed by atoms with Crippen molar-refractivity contribution in [3.8, 4) is 0 Å². The Morgan fingerprint density at radius 3 is 2.82 bits per heavy atom. The number of hydrogen-bond acceptors (Lipinski definition) is 3. The van der Waals surface area contributed by atoms with Crippen LogP contribution >= 0.6 is 11.3 Å². The highest BCUT2D eigenvalue weighted by molar-refractivity contribution is 7.10. The molecule has 1 aromatic rings. The van der Waals surface area contributed by atoms with E-state index in [4.69, 9.17) is 0 Å². The topological polar surface area (TPSA) is 39.7 Å². The van der Waals surface area contributed by atoms with Crippen LogP contribution in [0.4, 0.5) is 0 Å². The summed E-state index contributed by atoms with van der Waals surface area (Å²) in [6.45, 7) is 3.27. The second-order valence-corrected chi connectivity index (χ2v) is 7.60. The third-order valence-corrected chi connectivity index (χ3v) is 5.80. The molecule has 0 spiro atoms. The molecular formula is C17H28N4S. The van der Waals surface area contributed by atoms with Crippen molar-refractivity contribution in [1.82, 2.24) is 15.5 Å². The molecule has 1 aliphatic heterocycles. The zero-order chi connectivity index (χ0) is 15.4. The van der Waals surface area contributed by atoms with E-state index in [0.29, 0.717) is 12.0 Å². The number of nitrogens with one attached hydrogen (secondary N) is 2. The first kappa shape index (κ1) is 15.8. The molecule has 0 radical (unpaired) electrons. The van der Waals surface area contributed by atoms with Gasteiger partial charge in [-0.2, -0.15) is 0 Å². The van der Waals surface area contributed by atoms with E-state index in [1.165, 1.54) is 37.1 Å². The predicted octanol–water partition coefficient (Wildman–Crippen LogP) is 2.71. The molecule has 2 heterocycles. The molecule has 0 amide bonds. The average Bonchev–Trinajstić information content (AvgIpc) is 3.20. The highest BCUT2D eigenvalue weighted by atomic mass is 32.1. The first-order valence-electron chi connectivity index (χ1n) is 8.46. The SMILES string of the molecule is CN=C(NCC1CC1)NCC1CCCN(C)C1c1cccs1. The normalized spacial score (nSPS) is 26.9. The van der Waals surface area contributed by atoms with E-state index in [1.807, 2.05) is 18.4 Å². The Bertz CT molecular complexity index is 481. The molecule has 3 rings (SSSR count). The molecule has 0 bridgehead atoms. The standard InChI is InChI=1S/C17H28N4S/c1-18-17(19-11-13-7-8-13)20-12-14-5-3-9-21(2)16(14)15-6-4-10-22-15/h4,6,10,13-14,16H,3,5,7-9,11-12H2,1-2H3,(H2,18,19,20). The Morgan fingerprint density at radius 1 is 1.32 bits per heavy atom. The lowest BCUT2D eigenvalue weighted by Crippen LogP contribution is -2.45. The molecular weight excluding hydrogens is 292 g/mol. The predicted molar refractivity (Wildman–Crippen MR) is 94.5 cm³/mol. The van der Waals surface area contributed by atoms with Gasteiger partial charge in [-0.05, 0) is 62.6 Å². The van der Waals surface area contributed by atoms with Crippen molar-refractivity contribution < 1.29 is 0 Å². The van der Waals surface area contributed by atoms with Crippen molar-refractivity contribution >= 4 is 17.3 Å². The van der Waals surface area contributed by atoms with Gasteiger partial charge in [0.25, 0.3) is 0 Å². The van der Waals surface area contributed by atoms with Gasteiger partial charge >= 0.3 is 0 Å². The first-order valence-corrected chi connectivity index (χ1v) is 9.34. The van der Waals surface area contributed by atoms with Crippen molar-refractivity contribution in [2.75, 3.05) is 33.7 Å². The maximum Gasteiger partial charge on any atom is 0.190 e. The number of guanidine groups is 1. The van der Waals surface area contributed by atoms with E-state index in [0.717, 1.165) is 25.0 Å². The Kier molecular flexibility index (Phi) is 5.37. The molecule has 4 nitrogen and oxygen atoms in total. The number of rotatable bonds is 5. The van der Waals surface area contributed by atoms with Crippen LogP contribution in [0.15, 0.2) is 22.5 Å². The van der Waals surface area contributed by atoms with Gasteiger partial charge in [-0.15, -0.1) is 11.3 Å². The van der Waals surface area contributed by atoms with Crippen LogP contribution < -0.4 is 10.6 Å². The van der Waals surface area contributed by atoms with Crippen LogP contribution in [-0.2, 0) is 0 Å². The molecule has 1 saturated heterocycles. The number of nitrogens with zero attached hydrogens (tertiary/aromatic N) is 2. The molecule has 0 aromatic carbocycles. The monoisotopic (exact) mass is 320 g/mol. The van der Waals surface area contributed by atoms with E-state index in [1.54, 1.807) is 0 Å². The zero-order valence-electron chi connectivity index (χ0n) is 13.7. The maximum absolute atomic E-state index is 4.36. The third-order valence-electron chi connectivity index (χ3n) is 4.85. The van der Waals surface area contributed by atoms with Gasteiger partial charge in [-0.3, -0.25) is 9.89 Å². The van der Waals surface area contributed by atoms with Crippen molar-refractivity contribution in [3.05, 3.63) is 22.4 Å². The fraction of sp³-hybridized carbons (Fsp3) is 0.706. The van der Waals surface area contributed by atoms with Gasteiger partial charge in [0.05, 0.1) is 0 Å².